The molecular formula is C63H53BN2. The van der Waals surface area contributed by atoms with Crippen molar-refractivity contribution in [1.82, 2.24) is 0 Å². The van der Waals surface area contributed by atoms with Crippen molar-refractivity contribution in [3.8, 4) is 33.4 Å². The summed E-state index contributed by atoms with van der Waals surface area (Å²) in [5.74, 6) is 0. The molecule has 9 aromatic rings. The molecule has 0 fully saturated rings. The van der Waals surface area contributed by atoms with E-state index in [1.165, 1.54) is 106 Å². The van der Waals surface area contributed by atoms with Crippen molar-refractivity contribution < 1.29 is 0 Å². The lowest BCUT2D eigenvalue weighted by Crippen LogP contribution is -2.63. The molecule has 3 aliphatic heterocycles. The van der Waals surface area contributed by atoms with Gasteiger partial charge in [-0.25, -0.2) is 0 Å². The van der Waals surface area contributed by atoms with Crippen LogP contribution in [0.4, 0.5) is 28.4 Å². The second-order valence-electron chi connectivity index (χ2n) is 20.5. The smallest absolute Gasteiger partial charge is 0.333 e. The van der Waals surface area contributed by atoms with Crippen molar-refractivity contribution in [1.29, 1.82) is 0 Å². The molecule has 0 saturated heterocycles. The van der Waals surface area contributed by atoms with Gasteiger partial charge in [-0.1, -0.05) is 224 Å². The van der Waals surface area contributed by atoms with E-state index in [0.717, 1.165) is 0 Å². The predicted octanol–water partition coefficient (Wildman–Crippen LogP) is 15.0. The molecule has 9 aromatic carbocycles. The fourth-order valence-corrected chi connectivity index (χ4v) is 11.4. The Morgan fingerprint density at radius 1 is 0.379 bits per heavy atom. The fourth-order valence-electron chi connectivity index (χ4n) is 11.4. The average Bonchev–Trinajstić information content (AvgIpc) is 3.35. The van der Waals surface area contributed by atoms with Crippen LogP contribution in [0.3, 0.4) is 0 Å². The highest BCUT2D eigenvalue weighted by molar-refractivity contribution is 6.93. The van der Waals surface area contributed by atoms with Crippen molar-refractivity contribution in [2.75, 3.05) is 9.71 Å². The van der Waals surface area contributed by atoms with E-state index >= 15 is 0 Å². The zero-order valence-corrected chi connectivity index (χ0v) is 38.7. The maximum Gasteiger partial charge on any atom is 0.333 e. The second-order valence-corrected chi connectivity index (χ2v) is 20.5. The van der Waals surface area contributed by atoms with Crippen LogP contribution in [0.2, 0.25) is 0 Å². The Morgan fingerprint density at radius 2 is 0.955 bits per heavy atom. The summed E-state index contributed by atoms with van der Waals surface area (Å²) in [7, 11) is 0. The highest BCUT2D eigenvalue weighted by Gasteiger charge is 2.53. The minimum atomic E-state index is -0.566. The molecule has 12 rings (SSSR count). The topological polar surface area (TPSA) is 6.48 Å². The molecule has 66 heavy (non-hydrogen) atoms. The van der Waals surface area contributed by atoms with Gasteiger partial charge in [-0.15, -0.1) is 0 Å². The second kappa shape index (κ2) is 14.8. The van der Waals surface area contributed by atoms with E-state index in [4.69, 9.17) is 0 Å². The Bertz CT molecular complexity index is 3290. The molecule has 3 aliphatic rings. The number of benzene rings is 9. The molecule has 0 saturated carbocycles. The van der Waals surface area contributed by atoms with Gasteiger partial charge in [0.05, 0.1) is 11.1 Å². The molecule has 318 valence electrons. The van der Waals surface area contributed by atoms with Crippen LogP contribution in [0.25, 0.3) is 33.4 Å². The van der Waals surface area contributed by atoms with E-state index in [2.05, 4.69) is 264 Å². The molecule has 0 unspecified atom stereocenters. The van der Waals surface area contributed by atoms with E-state index in [-0.39, 0.29) is 17.7 Å². The first-order valence-electron chi connectivity index (χ1n) is 23.5. The molecule has 3 heterocycles. The van der Waals surface area contributed by atoms with Gasteiger partial charge >= 0.3 is 6.85 Å². The summed E-state index contributed by atoms with van der Waals surface area (Å²) in [6.07, 6.45) is 0. The minimum Gasteiger partial charge on any atom is -0.376 e. The Balaban J connectivity index is 1.24. The number of nitrogens with zero attached hydrogens (tertiary/aromatic N) is 2. The van der Waals surface area contributed by atoms with Crippen LogP contribution in [-0.2, 0) is 16.2 Å². The highest BCUT2D eigenvalue weighted by Crippen LogP contribution is 2.60. The van der Waals surface area contributed by atoms with Crippen LogP contribution in [0.15, 0.2) is 212 Å². The molecule has 3 heteroatoms. The Hall–Kier alpha value is -7.36. The summed E-state index contributed by atoms with van der Waals surface area (Å²) in [6, 6.07) is 80.3. The number of rotatable bonds is 5. The summed E-state index contributed by atoms with van der Waals surface area (Å²) < 4.78 is 0. The predicted molar refractivity (Wildman–Crippen MR) is 280 cm³/mol. The Labute approximate surface area is 391 Å². The lowest BCUT2D eigenvalue weighted by molar-refractivity contribution is 0.590. The first kappa shape index (κ1) is 40.2. The quantitative estimate of drug-likeness (QED) is 0.159. The maximum atomic E-state index is 2.73. The molecule has 0 spiro atoms. The van der Waals surface area contributed by atoms with Crippen LogP contribution in [-0.4, -0.2) is 6.85 Å². The Morgan fingerprint density at radius 3 is 1.61 bits per heavy atom. The monoisotopic (exact) mass is 848 g/mol. The summed E-state index contributed by atoms with van der Waals surface area (Å²) >= 11 is 0. The van der Waals surface area contributed by atoms with Crippen molar-refractivity contribution in [3.05, 3.63) is 246 Å². The van der Waals surface area contributed by atoms with Gasteiger partial charge in [-0.05, 0) is 108 Å². The summed E-state index contributed by atoms with van der Waals surface area (Å²) in [5, 5.41) is 0. The first-order valence-corrected chi connectivity index (χ1v) is 23.5. The zero-order chi connectivity index (χ0) is 45.0. The lowest BCUT2D eigenvalue weighted by Gasteiger charge is -2.53. The van der Waals surface area contributed by atoms with Gasteiger partial charge in [-0.3, -0.25) is 0 Å². The van der Waals surface area contributed by atoms with Crippen LogP contribution < -0.4 is 20.6 Å². The third-order valence-electron chi connectivity index (χ3n) is 14.6. The van der Waals surface area contributed by atoms with Crippen molar-refractivity contribution in [3.63, 3.8) is 0 Å². The minimum absolute atomic E-state index is 0.0312. The van der Waals surface area contributed by atoms with E-state index in [1.54, 1.807) is 0 Å². The van der Waals surface area contributed by atoms with Gasteiger partial charge in [0, 0.05) is 33.9 Å². The van der Waals surface area contributed by atoms with Crippen molar-refractivity contribution >= 4 is 46.2 Å². The van der Waals surface area contributed by atoms with Gasteiger partial charge in [0.2, 0.25) is 0 Å². The molecule has 0 N–H and O–H groups in total. The van der Waals surface area contributed by atoms with Crippen LogP contribution in [0.5, 0.6) is 0 Å². The van der Waals surface area contributed by atoms with E-state index in [9.17, 15) is 0 Å². The van der Waals surface area contributed by atoms with Crippen LogP contribution in [0, 0.1) is 0 Å². The average molecular weight is 849 g/mol. The third kappa shape index (κ3) is 5.95. The molecule has 0 aliphatic carbocycles. The summed E-state index contributed by atoms with van der Waals surface area (Å²) in [5.41, 5.74) is 23.2. The largest absolute Gasteiger partial charge is 0.376 e. The normalized spacial score (nSPS) is 14.2. The van der Waals surface area contributed by atoms with Gasteiger partial charge in [0.1, 0.15) is 0 Å². The van der Waals surface area contributed by atoms with E-state index in [1.807, 2.05) is 0 Å². The van der Waals surface area contributed by atoms with Gasteiger partial charge in [0.25, 0.3) is 0 Å². The van der Waals surface area contributed by atoms with E-state index < -0.39 is 5.41 Å². The molecular weight excluding hydrogens is 796 g/mol. The number of fused-ring (bicyclic) bond motifs is 6. The number of anilines is 5. The van der Waals surface area contributed by atoms with Gasteiger partial charge < -0.3 is 9.71 Å². The van der Waals surface area contributed by atoms with Crippen molar-refractivity contribution in [2.45, 2.75) is 57.8 Å². The van der Waals surface area contributed by atoms with Crippen LogP contribution in [0.1, 0.15) is 74.9 Å². The van der Waals surface area contributed by atoms with E-state index in [0.29, 0.717) is 0 Å². The van der Waals surface area contributed by atoms with Gasteiger partial charge in [-0.2, -0.15) is 0 Å². The standard InChI is InChI=1S/C63H53BN2/c1-61(2,3)47-35-37-55(50(39-47)43-24-13-8-14-25-43)65-57-38-44(42-22-11-7-12-23-42)34-36-54(57)64-59-51(40-48(41-58(59)65)62(4,5)6)49-30-21-32-53-60(49)66(64)56-33-20-19-31-52(56)63(53,45-26-15-9-16-27-45)46-28-17-10-18-29-46/h7-41H,1-6H3. The first-order chi connectivity index (χ1) is 32.0. The molecule has 0 bridgehead atoms. The zero-order valence-electron chi connectivity index (χ0n) is 38.7. The summed E-state index contributed by atoms with van der Waals surface area (Å²) in [4.78, 5) is 5.36. The van der Waals surface area contributed by atoms with Crippen molar-refractivity contribution in [2.24, 2.45) is 0 Å². The number of hydrogen-bond acceptors (Lipinski definition) is 2. The third-order valence-corrected chi connectivity index (χ3v) is 14.6. The molecule has 2 nitrogen and oxygen atoms in total. The molecule has 0 aromatic heterocycles. The van der Waals surface area contributed by atoms with Crippen LogP contribution >= 0.6 is 0 Å². The summed E-state index contributed by atoms with van der Waals surface area (Å²) in [6.45, 7) is 13.9. The lowest BCUT2D eigenvalue weighted by atomic mass is 9.42. The molecule has 0 amide bonds. The number of para-hydroxylation sites is 2. The van der Waals surface area contributed by atoms with Gasteiger partial charge in [0.15, 0.2) is 0 Å². The molecule has 0 radical (unpaired) electrons. The number of hydrogen-bond donors (Lipinski definition) is 0. The molecule has 0 atom stereocenters. The highest BCUT2D eigenvalue weighted by atomic mass is 15.2. The SMILES string of the molecule is CC(C)(C)c1ccc(N2c3cc(-c4ccccc4)ccc3B3c4c(cc(C(C)(C)C)cc42)-c2cccc4c2N3c2ccccc2C4(c2ccccc2)c2ccccc2)c(-c2ccccc2)c1. The fraction of sp³-hybridized carbons (Fsp3) is 0.143. The maximum absolute atomic E-state index is 2.73. The Kier molecular flexibility index (Phi) is 9.03.